The topological polar surface area (TPSA) is 117 Å². The molecule has 0 saturated carbocycles. The van der Waals surface area contributed by atoms with Gasteiger partial charge >= 0.3 is 0 Å². The number of fused-ring (bicyclic) bond motifs is 3. The highest BCUT2D eigenvalue weighted by molar-refractivity contribution is 5.91. The molecule has 4 aromatic heterocycles. The van der Waals surface area contributed by atoms with Gasteiger partial charge in [0.25, 0.3) is 17.1 Å². The van der Waals surface area contributed by atoms with Crippen LogP contribution < -0.4 is 20.6 Å². The van der Waals surface area contributed by atoms with Crippen molar-refractivity contribution in [3.05, 3.63) is 80.9 Å². The zero-order valence-corrected chi connectivity index (χ0v) is 19.0. The summed E-state index contributed by atoms with van der Waals surface area (Å²) in [5.41, 5.74) is 1.37. The number of pyridine rings is 3. The largest absolute Gasteiger partial charge is 0.490 e. The summed E-state index contributed by atoms with van der Waals surface area (Å²) in [4.78, 5) is 35.5. The Hall–Kier alpha value is -4.47. The first kappa shape index (κ1) is 21.1. The van der Waals surface area contributed by atoms with Crippen molar-refractivity contribution in [3.8, 4) is 17.4 Å². The van der Waals surface area contributed by atoms with Crippen LogP contribution >= 0.6 is 0 Å². The fourth-order valence-electron chi connectivity index (χ4n) is 4.20. The molecule has 35 heavy (non-hydrogen) atoms. The highest BCUT2D eigenvalue weighted by Crippen LogP contribution is 2.30. The van der Waals surface area contributed by atoms with E-state index in [2.05, 4.69) is 20.2 Å². The van der Waals surface area contributed by atoms with Gasteiger partial charge in [-0.15, -0.1) is 5.10 Å². The third kappa shape index (κ3) is 3.72. The average Bonchev–Trinajstić information content (AvgIpc) is 3.23. The maximum atomic E-state index is 13.4. The molecule has 0 fully saturated rings. The van der Waals surface area contributed by atoms with E-state index in [9.17, 15) is 9.59 Å². The summed E-state index contributed by atoms with van der Waals surface area (Å²) in [7, 11) is 0. The lowest BCUT2D eigenvalue weighted by molar-refractivity contribution is 0.297. The summed E-state index contributed by atoms with van der Waals surface area (Å²) < 4.78 is 14.4. The van der Waals surface area contributed by atoms with Gasteiger partial charge in [0.05, 0.1) is 41.6 Å². The maximum absolute atomic E-state index is 13.4. The molecule has 5 heterocycles. The minimum absolute atomic E-state index is 0.232. The molecule has 0 aliphatic carbocycles. The molecule has 1 aliphatic rings. The molecular weight excluding hydrogens is 448 g/mol. The Bertz CT molecular complexity index is 1700. The van der Waals surface area contributed by atoms with Crippen molar-refractivity contribution in [2.75, 3.05) is 13.2 Å². The van der Waals surface area contributed by atoms with Crippen LogP contribution in [0.2, 0.25) is 0 Å². The van der Waals surface area contributed by atoms with Crippen molar-refractivity contribution >= 4 is 21.8 Å². The number of ether oxygens (including phenoxy) is 2. The Morgan fingerprint density at radius 2 is 1.69 bits per heavy atom. The number of aromatic nitrogens is 6. The van der Waals surface area contributed by atoms with Crippen molar-refractivity contribution in [1.82, 2.24) is 29.3 Å². The number of rotatable bonds is 4. The lowest BCUT2D eigenvalue weighted by atomic mass is 10.1. The molecule has 1 aromatic carbocycles. The molecule has 10 nitrogen and oxygen atoms in total. The number of hydrogen-bond donors (Lipinski definition) is 1. The van der Waals surface area contributed by atoms with Gasteiger partial charge in [-0.25, -0.2) is 9.55 Å². The van der Waals surface area contributed by atoms with Gasteiger partial charge in [0.15, 0.2) is 11.5 Å². The first-order valence-corrected chi connectivity index (χ1v) is 11.5. The van der Waals surface area contributed by atoms with Crippen LogP contribution in [0.3, 0.4) is 0 Å². The molecule has 0 spiro atoms. The van der Waals surface area contributed by atoms with Crippen molar-refractivity contribution in [3.63, 3.8) is 0 Å². The van der Waals surface area contributed by atoms with Crippen LogP contribution in [0.4, 0.5) is 0 Å². The standard InChI is InChI=1S/C25H22N6O4/c1-2-22-27-25(29-28-22)31-9-7-19-17(24(31)33)13-16-18(26-19)6-8-30(23(16)32)14-15-4-5-20-21(12-15)35-11-3-10-34-20/h4-9,12-13H,2-3,10-11,14H2,1H3,(H,27,28,29). The molecular formula is C25H22N6O4. The van der Waals surface area contributed by atoms with Gasteiger partial charge in [-0.2, -0.15) is 4.98 Å². The van der Waals surface area contributed by atoms with Crippen molar-refractivity contribution in [2.45, 2.75) is 26.3 Å². The van der Waals surface area contributed by atoms with Crippen LogP contribution in [0.1, 0.15) is 24.7 Å². The number of nitrogens with zero attached hydrogens (tertiary/aromatic N) is 5. The van der Waals surface area contributed by atoms with Crippen LogP contribution in [0.5, 0.6) is 11.5 Å². The number of aryl methyl sites for hydroxylation is 1. The SMILES string of the molecule is CCc1nc(-n2ccc3nc4ccn(Cc5ccc6c(c5)OCCCO6)c(=O)c4cc3c2=O)n[nH]1. The molecule has 0 saturated heterocycles. The highest BCUT2D eigenvalue weighted by atomic mass is 16.5. The predicted molar refractivity (Wildman–Crippen MR) is 130 cm³/mol. The van der Waals surface area contributed by atoms with E-state index in [4.69, 9.17) is 9.47 Å². The van der Waals surface area contributed by atoms with E-state index < -0.39 is 0 Å². The molecule has 0 amide bonds. The van der Waals surface area contributed by atoms with E-state index in [1.54, 1.807) is 35.2 Å². The number of benzene rings is 1. The van der Waals surface area contributed by atoms with Crippen molar-refractivity contribution in [2.24, 2.45) is 0 Å². The van der Waals surface area contributed by atoms with E-state index in [1.165, 1.54) is 4.57 Å². The Morgan fingerprint density at radius 1 is 0.914 bits per heavy atom. The predicted octanol–water partition coefficient (Wildman–Crippen LogP) is 2.59. The Labute approximate surface area is 198 Å². The van der Waals surface area contributed by atoms with Gasteiger partial charge in [0.2, 0.25) is 0 Å². The van der Waals surface area contributed by atoms with Crippen LogP contribution in [0.15, 0.2) is 58.4 Å². The first-order valence-electron chi connectivity index (χ1n) is 11.5. The summed E-state index contributed by atoms with van der Waals surface area (Å²) in [6.07, 6.45) is 4.81. The second-order valence-corrected chi connectivity index (χ2v) is 8.36. The quantitative estimate of drug-likeness (QED) is 0.401. The molecule has 176 valence electrons. The van der Waals surface area contributed by atoms with E-state index in [-0.39, 0.29) is 17.1 Å². The molecule has 6 rings (SSSR count). The highest BCUT2D eigenvalue weighted by Gasteiger charge is 2.14. The number of hydrogen-bond acceptors (Lipinski definition) is 7. The zero-order chi connectivity index (χ0) is 23.9. The smallest absolute Gasteiger partial charge is 0.267 e. The summed E-state index contributed by atoms with van der Waals surface area (Å²) >= 11 is 0. The Balaban J connectivity index is 1.42. The second-order valence-electron chi connectivity index (χ2n) is 8.36. The van der Waals surface area contributed by atoms with Crippen LogP contribution in [0.25, 0.3) is 27.8 Å². The number of aromatic amines is 1. The van der Waals surface area contributed by atoms with Gasteiger partial charge in [0.1, 0.15) is 5.82 Å². The molecule has 0 bridgehead atoms. The minimum Gasteiger partial charge on any atom is -0.490 e. The Kier molecular flexibility index (Phi) is 5.05. The normalized spacial score (nSPS) is 13.3. The summed E-state index contributed by atoms with van der Waals surface area (Å²) in [5, 5.41) is 7.63. The van der Waals surface area contributed by atoms with Gasteiger partial charge in [-0.05, 0) is 35.9 Å². The van der Waals surface area contributed by atoms with Crippen LogP contribution in [-0.2, 0) is 13.0 Å². The van der Waals surface area contributed by atoms with Gasteiger partial charge < -0.3 is 14.0 Å². The number of nitrogens with one attached hydrogen (secondary N) is 1. The molecule has 1 aliphatic heterocycles. The Morgan fingerprint density at radius 3 is 2.49 bits per heavy atom. The van der Waals surface area contributed by atoms with E-state index in [0.29, 0.717) is 65.3 Å². The molecule has 1 N–H and O–H groups in total. The summed E-state index contributed by atoms with van der Waals surface area (Å²) in [6.45, 7) is 3.51. The van der Waals surface area contributed by atoms with E-state index in [0.717, 1.165) is 12.0 Å². The fraction of sp³-hybridized carbons (Fsp3) is 0.240. The fourth-order valence-corrected chi connectivity index (χ4v) is 4.20. The van der Waals surface area contributed by atoms with E-state index in [1.807, 2.05) is 25.1 Å². The number of H-pyrrole nitrogens is 1. The van der Waals surface area contributed by atoms with Crippen LogP contribution in [-0.4, -0.2) is 42.5 Å². The molecule has 0 radical (unpaired) electrons. The zero-order valence-electron chi connectivity index (χ0n) is 19.0. The molecule has 5 aromatic rings. The lowest BCUT2D eigenvalue weighted by Gasteiger charge is -2.11. The third-order valence-corrected chi connectivity index (χ3v) is 6.05. The first-order chi connectivity index (χ1) is 17.1. The van der Waals surface area contributed by atoms with Crippen molar-refractivity contribution < 1.29 is 9.47 Å². The monoisotopic (exact) mass is 470 g/mol. The maximum Gasteiger partial charge on any atom is 0.267 e. The van der Waals surface area contributed by atoms with Gasteiger partial charge in [-0.1, -0.05) is 13.0 Å². The minimum atomic E-state index is -0.337. The van der Waals surface area contributed by atoms with Gasteiger partial charge in [-0.3, -0.25) is 14.7 Å². The second kappa shape index (κ2) is 8.39. The lowest BCUT2D eigenvalue weighted by Crippen LogP contribution is -2.22. The summed E-state index contributed by atoms with van der Waals surface area (Å²) in [5.74, 6) is 2.33. The molecule has 10 heteroatoms. The summed E-state index contributed by atoms with van der Waals surface area (Å²) in [6, 6.07) is 10.8. The molecule has 0 atom stereocenters. The van der Waals surface area contributed by atoms with Crippen molar-refractivity contribution in [1.29, 1.82) is 0 Å². The average molecular weight is 470 g/mol. The van der Waals surface area contributed by atoms with E-state index >= 15 is 0 Å². The molecule has 0 unspecified atom stereocenters. The van der Waals surface area contributed by atoms with Crippen LogP contribution in [0, 0.1) is 0 Å². The van der Waals surface area contributed by atoms with Gasteiger partial charge in [0, 0.05) is 25.2 Å². The third-order valence-electron chi connectivity index (χ3n) is 6.05.